The van der Waals surface area contributed by atoms with Crippen LogP contribution in [0.3, 0.4) is 0 Å². The summed E-state index contributed by atoms with van der Waals surface area (Å²) < 4.78 is 13.1. The van der Waals surface area contributed by atoms with Crippen LogP contribution in [-0.4, -0.2) is 47.0 Å². The van der Waals surface area contributed by atoms with Crippen LogP contribution in [0.4, 0.5) is 0 Å². The van der Waals surface area contributed by atoms with Crippen molar-refractivity contribution < 1.29 is 9.47 Å². The normalized spacial score (nSPS) is 12.1. The molecular weight excluding hydrogens is 483 g/mol. The van der Waals surface area contributed by atoms with Crippen LogP contribution in [0, 0.1) is 6.92 Å². The van der Waals surface area contributed by atoms with Crippen LogP contribution >= 0.6 is 24.0 Å². The molecule has 2 rings (SSSR count). The lowest BCUT2D eigenvalue weighted by atomic mass is 10.3. The molecule has 0 radical (unpaired) electrons. The van der Waals surface area contributed by atoms with Crippen molar-refractivity contribution in [2.24, 2.45) is 12.0 Å². The zero-order valence-corrected chi connectivity index (χ0v) is 20.3. The Labute approximate surface area is 190 Å². The van der Waals surface area contributed by atoms with Gasteiger partial charge in [-0.3, -0.25) is 0 Å². The summed E-state index contributed by atoms with van der Waals surface area (Å²) in [4.78, 5) is 4.64. The Kier molecular flexibility index (Phi) is 11.4. The zero-order chi connectivity index (χ0) is 20.4. The Morgan fingerprint density at radius 3 is 2.66 bits per heavy atom. The standard InChI is InChI=1S/C20H32N6O2.HI/c1-6-7-11-21-20(23-14-19-25-24-16(3)26(19)4)22-13-15(2)28-18-10-8-9-17(12-18)27-5;/h8-10,12,15H,6-7,11,13-14H2,1-5H3,(H2,21,22,23);1H. The molecule has 0 aliphatic heterocycles. The third kappa shape index (κ3) is 8.46. The summed E-state index contributed by atoms with van der Waals surface area (Å²) in [6.45, 7) is 8.05. The van der Waals surface area contributed by atoms with E-state index in [-0.39, 0.29) is 30.1 Å². The molecular formula is C20H33IN6O2. The second-order valence-corrected chi connectivity index (χ2v) is 6.66. The van der Waals surface area contributed by atoms with Gasteiger partial charge in [-0.2, -0.15) is 0 Å². The van der Waals surface area contributed by atoms with Gasteiger partial charge in [0.2, 0.25) is 0 Å². The fourth-order valence-electron chi connectivity index (χ4n) is 2.49. The van der Waals surface area contributed by atoms with Crippen molar-refractivity contribution in [1.82, 2.24) is 25.4 Å². The molecule has 9 heteroatoms. The number of unbranched alkanes of at least 4 members (excludes halogenated alkanes) is 1. The molecule has 8 nitrogen and oxygen atoms in total. The molecule has 162 valence electrons. The Morgan fingerprint density at radius 1 is 1.24 bits per heavy atom. The predicted octanol–water partition coefficient (Wildman–Crippen LogP) is 3.05. The van der Waals surface area contributed by atoms with Crippen LogP contribution in [0.25, 0.3) is 0 Å². The van der Waals surface area contributed by atoms with Gasteiger partial charge in [0, 0.05) is 19.7 Å². The Balaban J connectivity index is 0.00000420. The number of aromatic nitrogens is 3. The zero-order valence-electron chi connectivity index (χ0n) is 17.9. The minimum absolute atomic E-state index is 0. The number of nitrogens with zero attached hydrogens (tertiary/aromatic N) is 4. The molecule has 0 fully saturated rings. The van der Waals surface area contributed by atoms with E-state index in [1.165, 1.54) is 0 Å². The van der Waals surface area contributed by atoms with E-state index in [4.69, 9.17) is 9.47 Å². The SMILES string of the molecule is CCCCNC(=NCc1nnc(C)n1C)NCC(C)Oc1cccc(OC)c1.I. The fraction of sp³-hybridized carbons (Fsp3) is 0.550. The largest absolute Gasteiger partial charge is 0.497 e. The molecule has 1 unspecified atom stereocenters. The number of guanidine groups is 1. The van der Waals surface area contributed by atoms with Crippen LogP contribution in [0.15, 0.2) is 29.3 Å². The first-order chi connectivity index (χ1) is 13.5. The van der Waals surface area contributed by atoms with E-state index in [0.29, 0.717) is 13.1 Å². The molecule has 29 heavy (non-hydrogen) atoms. The fourth-order valence-corrected chi connectivity index (χ4v) is 2.49. The van der Waals surface area contributed by atoms with Gasteiger partial charge in [0.25, 0.3) is 0 Å². The maximum atomic E-state index is 5.97. The van der Waals surface area contributed by atoms with E-state index in [0.717, 1.165) is 48.5 Å². The number of ether oxygens (including phenoxy) is 2. The summed E-state index contributed by atoms with van der Waals surface area (Å²) in [5, 5.41) is 15.0. The molecule has 0 saturated carbocycles. The van der Waals surface area contributed by atoms with Gasteiger partial charge >= 0.3 is 0 Å². The van der Waals surface area contributed by atoms with Gasteiger partial charge in [0.1, 0.15) is 30.0 Å². The quantitative estimate of drug-likeness (QED) is 0.219. The number of hydrogen-bond donors (Lipinski definition) is 2. The molecule has 1 aromatic carbocycles. The van der Waals surface area contributed by atoms with Crippen LogP contribution in [0.5, 0.6) is 11.5 Å². The molecule has 2 aromatic rings. The maximum Gasteiger partial charge on any atom is 0.191 e. The van der Waals surface area contributed by atoms with Gasteiger partial charge in [-0.1, -0.05) is 19.4 Å². The first kappa shape index (κ1) is 25.0. The van der Waals surface area contributed by atoms with Gasteiger partial charge in [-0.05, 0) is 32.4 Å². The second kappa shape index (κ2) is 13.2. The summed E-state index contributed by atoms with van der Waals surface area (Å²) in [5.74, 6) is 4.00. The smallest absolute Gasteiger partial charge is 0.191 e. The summed E-state index contributed by atoms with van der Waals surface area (Å²) in [7, 11) is 3.59. The summed E-state index contributed by atoms with van der Waals surface area (Å²) in [5.41, 5.74) is 0. The van der Waals surface area contributed by atoms with E-state index in [9.17, 15) is 0 Å². The molecule has 0 saturated heterocycles. The third-order valence-corrected chi connectivity index (χ3v) is 4.32. The summed E-state index contributed by atoms with van der Waals surface area (Å²) in [6, 6.07) is 7.61. The Morgan fingerprint density at radius 2 is 2.00 bits per heavy atom. The number of methoxy groups -OCH3 is 1. The lowest BCUT2D eigenvalue weighted by molar-refractivity contribution is 0.223. The predicted molar refractivity (Wildman–Crippen MR) is 126 cm³/mol. The first-order valence-corrected chi connectivity index (χ1v) is 9.71. The number of benzene rings is 1. The number of rotatable bonds is 10. The van der Waals surface area contributed by atoms with Crippen molar-refractivity contribution in [1.29, 1.82) is 0 Å². The van der Waals surface area contributed by atoms with Gasteiger partial charge in [-0.15, -0.1) is 34.2 Å². The van der Waals surface area contributed by atoms with Crippen LogP contribution in [0.1, 0.15) is 38.3 Å². The maximum absolute atomic E-state index is 5.97. The van der Waals surface area contributed by atoms with Gasteiger partial charge < -0.3 is 24.7 Å². The van der Waals surface area contributed by atoms with Crippen molar-refractivity contribution in [3.63, 3.8) is 0 Å². The topological polar surface area (TPSA) is 85.6 Å². The molecule has 0 aliphatic rings. The van der Waals surface area contributed by atoms with Gasteiger partial charge in [-0.25, -0.2) is 4.99 Å². The highest BCUT2D eigenvalue weighted by molar-refractivity contribution is 14.0. The molecule has 0 amide bonds. The highest BCUT2D eigenvalue weighted by Gasteiger charge is 2.08. The second-order valence-electron chi connectivity index (χ2n) is 6.66. The number of halogens is 1. The molecule has 1 atom stereocenters. The van der Waals surface area contributed by atoms with Crippen molar-refractivity contribution in [2.45, 2.75) is 46.3 Å². The van der Waals surface area contributed by atoms with E-state index < -0.39 is 0 Å². The summed E-state index contributed by atoms with van der Waals surface area (Å²) >= 11 is 0. The molecule has 0 bridgehead atoms. The highest BCUT2D eigenvalue weighted by Crippen LogP contribution is 2.19. The number of hydrogen-bond acceptors (Lipinski definition) is 5. The van der Waals surface area contributed by atoms with Gasteiger partial charge in [0.15, 0.2) is 11.8 Å². The van der Waals surface area contributed by atoms with Crippen LogP contribution in [0.2, 0.25) is 0 Å². The summed E-state index contributed by atoms with van der Waals surface area (Å²) in [6.07, 6.45) is 2.17. The van der Waals surface area contributed by atoms with Gasteiger partial charge in [0.05, 0.1) is 13.7 Å². The number of aryl methyl sites for hydroxylation is 1. The minimum Gasteiger partial charge on any atom is -0.497 e. The van der Waals surface area contributed by atoms with E-state index >= 15 is 0 Å². The number of nitrogens with one attached hydrogen (secondary N) is 2. The molecule has 2 N–H and O–H groups in total. The van der Waals surface area contributed by atoms with Crippen LogP contribution < -0.4 is 20.1 Å². The van der Waals surface area contributed by atoms with Crippen molar-refractivity contribution >= 4 is 29.9 Å². The average molecular weight is 516 g/mol. The lowest BCUT2D eigenvalue weighted by Crippen LogP contribution is -2.42. The van der Waals surface area contributed by atoms with Crippen molar-refractivity contribution in [2.75, 3.05) is 20.2 Å². The monoisotopic (exact) mass is 516 g/mol. The van der Waals surface area contributed by atoms with Crippen LogP contribution in [-0.2, 0) is 13.6 Å². The first-order valence-electron chi connectivity index (χ1n) is 9.71. The van der Waals surface area contributed by atoms with E-state index in [1.54, 1.807) is 7.11 Å². The van der Waals surface area contributed by atoms with E-state index in [1.807, 2.05) is 49.7 Å². The molecule has 0 spiro atoms. The molecule has 1 aromatic heterocycles. The molecule has 1 heterocycles. The minimum atomic E-state index is -0.0395. The molecule has 0 aliphatic carbocycles. The van der Waals surface area contributed by atoms with Crippen molar-refractivity contribution in [3.8, 4) is 11.5 Å². The van der Waals surface area contributed by atoms with Crippen molar-refractivity contribution in [3.05, 3.63) is 35.9 Å². The third-order valence-electron chi connectivity index (χ3n) is 4.32. The average Bonchev–Trinajstić information content (AvgIpc) is 3.02. The Hall–Kier alpha value is -2.04. The highest BCUT2D eigenvalue weighted by atomic mass is 127. The van der Waals surface area contributed by atoms with E-state index in [2.05, 4.69) is 32.7 Å². The lowest BCUT2D eigenvalue weighted by Gasteiger charge is -2.18. The number of aliphatic imine (C=N–C) groups is 1. The Bertz CT molecular complexity index is 765.